The maximum Gasteiger partial charge on any atom is 0.223 e. The Labute approximate surface area is 158 Å². The molecule has 0 saturated heterocycles. The lowest BCUT2D eigenvalue weighted by molar-refractivity contribution is 0.408. The fraction of sp³-hybridized carbons (Fsp3) is 0.211. The molecule has 1 N–H and O–H groups in total. The highest BCUT2D eigenvalue weighted by atomic mass is 32.2. The van der Waals surface area contributed by atoms with Gasteiger partial charge in [-0.05, 0) is 17.2 Å². The molecule has 0 fully saturated rings. The Morgan fingerprint density at radius 3 is 2.67 bits per heavy atom. The molecular formula is C19H19N5O2S. The summed E-state index contributed by atoms with van der Waals surface area (Å²) >= 11 is 0. The van der Waals surface area contributed by atoms with Crippen molar-refractivity contribution in [1.82, 2.24) is 19.3 Å². The van der Waals surface area contributed by atoms with Gasteiger partial charge in [-0.25, -0.2) is 18.4 Å². The molecule has 1 aliphatic rings. The van der Waals surface area contributed by atoms with Crippen LogP contribution in [0.3, 0.4) is 0 Å². The van der Waals surface area contributed by atoms with E-state index in [1.807, 2.05) is 36.4 Å². The van der Waals surface area contributed by atoms with Gasteiger partial charge in [-0.15, -0.1) is 0 Å². The average Bonchev–Trinajstić information content (AvgIpc) is 2.84. The Kier molecular flexibility index (Phi) is 4.59. The number of nitrogens with zero attached hydrogens (tertiary/aromatic N) is 4. The molecule has 4 rings (SSSR count). The first kappa shape index (κ1) is 17.6. The van der Waals surface area contributed by atoms with Gasteiger partial charge >= 0.3 is 0 Å². The van der Waals surface area contributed by atoms with Crippen LogP contribution in [-0.4, -0.2) is 33.9 Å². The van der Waals surface area contributed by atoms with Crippen molar-refractivity contribution in [2.75, 3.05) is 11.6 Å². The van der Waals surface area contributed by atoms with Crippen molar-refractivity contribution in [3.8, 4) is 11.3 Å². The van der Waals surface area contributed by atoms with E-state index in [2.05, 4.69) is 20.3 Å². The number of aromatic nitrogens is 3. The van der Waals surface area contributed by atoms with Crippen LogP contribution in [0.5, 0.6) is 0 Å². The lowest BCUT2D eigenvalue weighted by Gasteiger charge is -2.17. The summed E-state index contributed by atoms with van der Waals surface area (Å²) in [7, 11) is -3.34. The van der Waals surface area contributed by atoms with Gasteiger partial charge in [0.2, 0.25) is 16.0 Å². The molecule has 0 atom stereocenters. The second-order valence-corrected chi connectivity index (χ2v) is 8.45. The third-order valence-electron chi connectivity index (χ3n) is 4.47. The van der Waals surface area contributed by atoms with Crippen molar-refractivity contribution in [2.45, 2.75) is 19.6 Å². The van der Waals surface area contributed by atoms with Crippen molar-refractivity contribution >= 4 is 16.0 Å². The van der Waals surface area contributed by atoms with Crippen LogP contribution in [0.4, 0.5) is 5.95 Å². The normalized spacial score (nSPS) is 14.1. The molecule has 1 aromatic carbocycles. The number of sulfonamides is 1. The molecule has 0 saturated carbocycles. The van der Waals surface area contributed by atoms with E-state index in [0.29, 0.717) is 19.0 Å². The zero-order valence-electron chi connectivity index (χ0n) is 14.8. The highest BCUT2D eigenvalue weighted by molar-refractivity contribution is 7.88. The van der Waals surface area contributed by atoms with E-state index in [4.69, 9.17) is 0 Å². The van der Waals surface area contributed by atoms with Crippen molar-refractivity contribution in [3.63, 3.8) is 0 Å². The number of hydrogen-bond donors (Lipinski definition) is 1. The van der Waals surface area contributed by atoms with Gasteiger partial charge in [0.15, 0.2) is 0 Å². The lowest BCUT2D eigenvalue weighted by Crippen LogP contribution is -2.28. The van der Waals surface area contributed by atoms with Crippen LogP contribution < -0.4 is 5.32 Å². The third kappa shape index (κ3) is 3.81. The van der Waals surface area contributed by atoms with Gasteiger partial charge in [0.05, 0.1) is 11.9 Å². The number of fused-ring (bicyclic) bond motifs is 3. The van der Waals surface area contributed by atoms with Crippen molar-refractivity contribution in [1.29, 1.82) is 0 Å². The largest absolute Gasteiger partial charge is 0.350 e. The summed E-state index contributed by atoms with van der Waals surface area (Å²) in [5.41, 5.74) is 4.45. The van der Waals surface area contributed by atoms with Gasteiger partial charge in [0.25, 0.3) is 0 Å². The lowest BCUT2D eigenvalue weighted by atomic mass is 10.0. The van der Waals surface area contributed by atoms with Crippen molar-refractivity contribution in [2.24, 2.45) is 0 Å². The minimum absolute atomic E-state index is 0.256. The summed E-state index contributed by atoms with van der Waals surface area (Å²) in [5.74, 6) is 0.500. The molecule has 0 bridgehead atoms. The average molecular weight is 381 g/mol. The first-order chi connectivity index (χ1) is 13.0. The smallest absolute Gasteiger partial charge is 0.223 e. The summed E-state index contributed by atoms with van der Waals surface area (Å²) in [6, 6.07) is 11.6. The Morgan fingerprint density at radius 1 is 1.07 bits per heavy atom. The van der Waals surface area contributed by atoms with Crippen LogP contribution in [-0.2, 0) is 29.7 Å². The Balaban J connectivity index is 1.70. The minimum Gasteiger partial charge on any atom is -0.350 e. The molecule has 138 valence electrons. The summed E-state index contributed by atoms with van der Waals surface area (Å²) in [6.45, 7) is 1.14. The molecule has 8 heteroatoms. The first-order valence-corrected chi connectivity index (χ1v) is 10.4. The standard InChI is InChI=1S/C19H19N5O2S/c1-27(25,26)24-12-15-6-2-3-7-17(15)18-16(13-24)11-22-19(23-18)21-10-14-5-4-8-20-9-14/h2-9,11H,10,12-13H2,1H3,(H,21,22,23). The van der Waals surface area contributed by atoms with Gasteiger partial charge in [0.1, 0.15) is 0 Å². The molecule has 7 nitrogen and oxygen atoms in total. The quantitative estimate of drug-likeness (QED) is 0.747. The summed E-state index contributed by atoms with van der Waals surface area (Å²) in [4.78, 5) is 13.2. The molecule has 0 unspecified atom stereocenters. The summed E-state index contributed by atoms with van der Waals surface area (Å²) in [5, 5.41) is 3.21. The monoisotopic (exact) mass is 381 g/mol. The Bertz CT molecular complexity index is 1070. The van der Waals surface area contributed by atoms with E-state index in [1.54, 1.807) is 18.6 Å². The predicted molar refractivity (Wildman–Crippen MR) is 103 cm³/mol. The fourth-order valence-corrected chi connectivity index (χ4v) is 3.83. The van der Waals surface area contributed by atoms with Crippen LogP contribution in [0, 0.1) is 0 Å². The van der Waals surface area contributed by atoms with Crippen LogP contribution in [0.25, 0.3) is 11.3 Å². The van der Waals surface area contributed by atoms with Gasteiger partial charge in [-0.3, -0.25) is 4.98 Å². The van der Waals surface area contributed by atoms with Crippen LogP contribution in [0.1, 0.15) is 16.7 Å². The number of hydrogen-bond acceptors (Lipinski definition) is 6. The fourth-order valence-electron chi connectivity index (χ4n) is 3.08. The molecule has 0 radical (unpaired) electrons. The molecule has 2 aromatic heterocycles. The van der Waals surface area contributed by atoms with Crippen molar-refractivity contribution in [3.05, 3.63) is 71.7 Å². The molecule has 0 amide bonds. The molecule has 1 aliphatic heterocycles. The van der Waals surface area contributed by atoms with Crippen molar-refractivity contribution < 1.29 is 8.42 Å². The minimum atomic E-state index is -3.34. The van der Waals surface area contributed by atoms with E-state index >= 15 is 0 Å². The molecule has 0 spiro atoms. The third-order valence-corrected chi connectivity index (χ3v) is 5.67. The van der Waals surface area contributed by atoms with E-state index in [-0.39, 0.29) is 6.54 Å². The predicted octanol–water partition coefficient (Wildman–Crippen LogP) is 2.43. The second-order valence-electron chi connectivity index (χ2n) is 6.47. The van der Waals surface area contributed by atoms with Gasteiger partial charge < -0.3 is 5.32 Å². The number of anilines is 1. The second kappa shape index (κ2) is 7.05. The van der Waals surface area contributed by atoms with Crippen LogP contribution in [0.15, 0.2) is 55.0 Å². The topological polar surface area (TPSA) is 88.1 Å². The maximum absolute atomic E-state index is 12.2. The highest BCUT2D eigenvalue weighted by Crippen LogP contribution is 2.32. The maximum atomic E-state index is 12.2. The summed E-state index contributed by atoms with van der Waals surface area (Å²) in [6.07, 6.45) is 6.45. The Hall–Kier alpha value is -2.84. The van der Waals surface area contributed by atoms with Gasteiger partial charge in [-0.1, -0.05) is 30.3 Å². The zero-order chi connectivity index (χ0) is 18.9. The highest BCUT2D eigenvalue weighted by Gasteiger charge is 2.26. The number of nitrogens with one attached hydrogen (secondary N) is 1. The number of pyridine rings is 1. The molecule has 27 heavy (non-hydrogen) atoms. The van der Waals surface area contributed by atoms with Gasteiger partial charge in [-0.2, -0.15) is 4.31 Å². The van der Waals surface area contributed by atoms with E-state index in [9.17, 15) is 8.42 Å². The van der Waals surface area contributed by atoms with E-state index < -0.39 is 10.0 Å². The Morgan fingerprint density at radius 2 is 1.89 bits per heavy atom. The number of benzene rings is 1. The summed E-state index contributed by atoms with van der Waals surface area (Å²) < 4.78 is 25.8. The zero-order valence-corrected chi connectivity index (χ0v) is 15.6. The van der Waals surface area contributed by atoms with Gasteiger partial charge in [0, 0.05) is 49.4 Å². The molecule has 0 aliphatic carbocycles. The van der Waals surface area contributed by atoms with Crippen LogP contribution in [0.2, 0.25) is 0 Å². The SMILES string of the molecule is CS(=O)(=O)N1Cc2ccccc2-c2nc(NCc3cccnc3)ncc2C1. The molecule has 3 heterocycles. The number of rotatable bonds is 4. The van der Waals surface area contributed by atoms with E-state index in [0.717, 1.165) is 27.9 Å². The molecule has 3 aromatic rings. The first-order valence-electron chi connectivity index (χ1n) is 8.53. The van der Waals surface area contributed by atoms with Crippen LogP contribution >= 0.6 is 0 Å². The molecular weight excluding hydrogens is 362 g/mol. The van der Waals surface area contributed by atoms with E-state index in [1.165, 1.54) is 10.6 Å².